The molecule has 2 heteroatoms. The molecule has 0 aromatic rings. The van der Waals surface area contributed by atoms with Gasteiger partial charge in [-0.2, -0.15) is 0 Å². The molecule has 0 aliphatic rings. The average molecular weight is 157 g/mol. The zero-order chi connectivity index (χ0) is 8.85. The second-order valence-corrected chi connectivity index (χ2v) is 2.65. The molecule has 0 amide bonds. The van der Waals surface area contributed by atoms with Crippen LogP contribution in [0.2, 0.25) is 0 Å². The van der Waals surface area contributed by atoms with Crippen molar-refractivity contribution < 1.29 is 4.39 Å². The standard InChI is InChI=1S/C9H16FN/c1-4-9(10)6-5-7(2)8(3)11/h5-6,8-9H,2,4,11H2,1,3H3/b6-5-/t8-,9+/m0/s1. The van der Waals surface area contributed by atoms with Gasteiger partial charge in [-0.25, -0.2) is 4.39 Å². The first-order chi connectivity index (χ1) is 5.07. The van der Waals surface area contributed by atoms with E-state index in [2.05, 4.69) is 6.58 Å². The summed E-state index contributed by atoms with van der Waals surface area (Å²) in [5.41, 5.74) is 6.26. The Morgan fingerprint density at radius 1 is 1.73 bits per heavy atom. The number of nitrogens with two attached hydrogens (primary N) is 1. The third-order valence-electron chi connectivity index (χ3n) is 1.49. The minimum Gasteiger partial charge on any atom is -0.324 e. The molecule has 64 valence electrons. The molecule has 2 atom stereocenters. The first-order valence-electron chi connectivity index (χ1n) is 3.84. The largest absolute Gasteiger partial charge is 0.324 e. The highest BCUT2D eigenvalue weighted by Gasteiger charge is 1.98. The maximum atomic E-state index is 12.6. The van der Waals surface area contributed by atoms with Gasteiger partial charge in [0, 0.05) is 6.04 Å². The Morgan fingerprint density at radius 2 is 2.27 bits per heavy atom. The Morgan fingerprint density at radius 3 is 2.64 bits per heavy atom. The summed E-state index contributed by atoms with van der Waals surface area (Å²) < 4.78 is 12.6. The van der Waals surface area contributed by atoms with Gasteiger partial charge in [0.2, 0.25) is 0 Å². The SMILES string of the molecule is C=C(/C=C\[C@H](F)CC)[C@H](C)N. The average Bonchev–Trinajstić information content (AvgIpc) is 1.99. The highest BCUT2D eigenvalue weighted by Crippen LogP contribution is 2.03. The summed E-state index contributed by atoms with van der Waals surface area (Å²) in [6, 6.07) is -0.0877. The summed E-state index contributed by atoms with van der Waals surface area (Å²) in [7, 11) is 0. The summed E-state index contributed by atoms with van der Waals surface area (Å²) in [6.07, 6.45) is 2.78. The lowest BCUT2D eigenvalue weighted by atomic mass is 10.1. The van der Waals surface area contributed by atoms with Crippen LogP contribution < -0.4 is 5.73 Å². The van der Waals surface area contributed by atoms with Crippen molar-refractivity contribution in [2.24, 2.45) is 5.73 Å². The molecule has 0 rings (SSSR count). The van der Waals surface area contributed by atoms with Gasteiger partial charge >= 0.3 is 0 Å². The Bertz CT molecular complexity index is 150. The van der Waals surface area contributed by atoms with Gasteiger partial charge in [0.25, 0.3) is 0 Å². The molecule has 0 aliphatic heterocycles. The second-order valence-electron chi connectivity index (χ2n) is 2.65. The quantitative estimate of drug-likeness (QED) is 0.622. The van der Waals surface area contributed by atoms with Crippen LogP contribution >= 0.6 is 0 Å². The van der Waals surface area contributed by atoms with E-state index in [1.807, 2.05) is 6.92 Å². The van der Waals surface area contributed by atoms with Crippen molar-refractivity contribution in [2.45, 2.75) is 32.5 Å². The first kappa shape index (κ1) is 10.4. The van der Waals surface area contributed by atoms with Crippen LogP contribution in [0.5, 0.6) is 0 Å². The normalized spacial score (nSPS) is 16.7. The molecule has 0 radical (unpaired) electrons. The second kappa shape index (κ2) is 5.08. The van der Waals surface area contributed by atoms with E-state index in [1.54, 1.807) is 13.0 Å². The molecule has 0 saturated carbocycles. The van der Waals surface area contributed by atoms with Crippen LogP contribution in [-0.2, 0) is 0 Å². The van der Waals surface area contributed by atoms with Crippen molar-refractivity contribution in [1.82, 2.24) is 0 Å². The number of allylic oxidation sites excluding steroid dienone is 1. The number of alkyl halides is 1. The Labute approximate surface area is 67.8 Å². The van der Waals surface area contributed by atoms with Crippen molar-refractivity contribution >= 4 is 0 Å². The summed E-state index contributed by atoms with van der Waals surface area (Å²) in [4.78, 5) is 0. The van der Waals surface area contributed by atoms with E-state index in [0.29, 0.717) is 6.42 Å². The summed E-state index contributed by atoms with van der Waals surface area (Å²) in [5, 5.41) is 0. The van der Waals surface area contributed by atoms with E-state index in [4.69, 9.17) is 5.73 Å². The minimum atomic E-state index is -0.870. The van der Waals surface area contributed by atoms with Crippen LogP contribution in [0.1, 0.15) is 20.3 Å². The molecule has 0 heterocycles. The molecule has 2 N–H and O–H groups in total. The number of hydrogen-bond acceptors (Lipinski definition) is 1. The van der Waals surface area contributed by atoms with Crippen molar-refractivity contribution in [1.29, 1.82) is 0 Å². The van der Waals surface area contributed by atoms with Gasteiger partial charge in [-0.15, -0.1) is 0 Å². The Hall–Kier alpha value is -0.630. The minimum absolute atomic E-state index is 0.0877. The molecule has 0 aromatic carbocycles. The summed E-state index contributed by atoms with van der Waals surface area (Å²) >= 11 is 0. The molecule has 11 heavy (non-hydrogen) atoms. The molecule has 0 bridgehead atoms. The third-order valence-corrected chi connectivity index (χ3v) is 1.49. The predicted molar refractivity (Wildman–Crippen MR) is 47.1 cm³/mol. The molecule has 0 aromatic heterocycles. The Kier molecular flexibility index (Phi) is 4.79. The van der Waals surface area contributed by atoms with Gasteiger partial charge in [-0.3, -0.25) is 0 Å². The third kappa shape index (κ3) is 4.73. The van der Waals surface area contributed by atoms with Crippen molar-refractivity contribution in [3.05, 3.63) is 24.3 Å². The molecule has 0 unspecified atom stereocenters. The van der Waals surface area contributed by atoms with Crippen LogP contribution in [0.3, 0.4) is 0 Å². The molecule has 1 nitrogen and oxygen atoms in total. The highest BCUT2D eigenvalue weighted by atomic mass is 19.1. The van der Waals surface area contributed by atoms with E-state index >= 15 is 0 Å². The van der Waals surface area contributed by atoms with Gasteiger partial charge < -0.3 is 5.73 Å². The van der Waals surface area contributed by atoms with Gasteiger partial charge in [-0.05, 0) is 18.9 Å². The van der Waals surface area contributed by atoms with Crippen LogP contribution in [0, 0.1) is 0 Å². The summed E-state index contributed by atoms with van der Waals surface area (Å²) in [5.74, 6) is 0. The smallest absolute Gasteiger partial charge is 0.118 e. The van der Waals surface area contributed by atoms with Gasteiger partial charge in [-0.1, -0.05) is 25.7 Å². The van der Waals surface area contributed by atoms with Crippen LogP contribution in [0.4, 0.5) is 4.39 Å². The van der Waals surface area contributed by atoms with Crippen molar-refractivity contribution in [2.75, 3.05) is 0 Å². The zero-order valence-electron chi connectivity index (χ0n) is 7.18. The van der Waals surface area contributed by atoms with Crippen molar-refractivity contribution in [3.8, 4) is 0 Å². The van der Waals surface area contributed by atoms with E-state index in [9.17, 15) is 4.39 Å². The summed E-state index contributed by atoms with van der Waals surface area (Å²) in [6.45, 7) is 7.30. The van der Waals surface area contributed by atoms with E-state index in [-0.39, 0.29) is 6.04 Å². The van der Waals surface area contributed by atoms with E-state index in [1.165, 1.54) is 6.08 Å². The molecular formula is C9H16FN. The zero-order valence-corrected chi connectivity index (χ0v) is 7.18. The molecule has 0 fully saturated rings. The topological polar surface area (TPSA) is 26.0 Å². The Balaban J connectivity index is 3.83. The lowest BCUT2D eigenvalue weighted by Gasteiger charge is -2.03. The number of hydrogen-bond donors (Lipinski definition) is 1. The van der Waals surface area contributed by atoms with Gasteiger partial charge in [0.1, 0.15) is 6.17 Å². The fourth-order valence-corrected chi connectivity index (χ4v) is 0.516. The lowest BCUT2D eigenvalue weighted by molar-refractivity contribution is 0.390. The molecule has 0 saturated heterocycles. The lowest BCUT2D eigenvalue weighted by Crippen LogP contribution is -2.15. The fraction of sp³-hybridized carbons (Fsp3) is 0.556. The number of halogens is 1. The maximum Gasteiger partial charge on any atom is 0.118 e. The van der Waals surface area contributed by atoms with Crippen molar-refractivity contribution in [3.63, 3.8) is 0 Å². The molecule has 0 aliphatic carbocycles. The van der Waals surface area contributed by atoms with E-state index < -0.39 is 6.17 Å². The monoisotopic (exact) mass is 157 g/mol. The highest BCUT2D eigenvalue weighted by molar-refractivity contribution is 5.20. The van der Waals surface area contributed by atoms with Gasteiger partial charge in [0.15, 0.2) is 0 Å². The molecule has 0 spiro atoms. The maximum absolute atomic E-state index is 12.6. The first-order valence-corrected chi connectivity index (χ1v) is 3.84. The number of rotatable bonds is 4. The van der Waals surface area contributed by atoms with Crippen LogP contribution in [0.25, 0.3) is 0 Å². The van der Waals surface area contributed by atoms with Crippen LogP contribution in [0.15, 0.2) is 24.3 Å². The van der Waals surface area contributed by atoms with Crippen LogP contribution in [-0.4, -0.2) is 12.2 Å². The van der Waals surface area contributed by atoms with Gasteiger partial charge in [0.05, 0.1) is 0 Å². The van der Waals surface area contributed by atoms with E-state index in [0.717, 1.165) is 5.57 Å². The molecular weight excluding hydrogens is 141 g/mol. The fourth-order valence-electron chi connectivity index (χ4n) is 0.516. The predicted octanol–water partition coefficient (Wildman–Crippen LogP) is 2.19.